The zero-order chi connectivity index (χ0) is 14.6. The van der Waals surface area contributed by atoms with Gasteiger partial charge in [0.05, 0.1) is 4.90 Å². The Bertz CT molecular complexity index is 557. The van der Waals surface area contributed by atoms with Crippen LogP contribution in [0.5, 0.6) is 0 Å². The van der Waals surface area contributed by atoms with Crippen LogP contribution >= 0.6 is 0 Å². The summed E-state index contributed by atoms with van der Waals surface area (Å²) >= 11 is 0. The maximum atomic E-state index is 12.6. The second kappa shape index (κ2) is 6.37. The molecule has 0 aliphatic carbocycles. The summed E-state index contributed by atoms with van der Waals surface area (Å²) in [5.74, 6) is -0.191. The van der Waals surface area contributed by atoms with E-state index in [0.29, 0.717) is 19.5 Å². The molecule has 1 amide bonds. The van der Waals surface area contributed by atoms with Crippen LogP contribution in [0.1, 0.15) is 26.2 Å². The predicted octanol–water partition coefficient (Wildman–Crippen LogP) is 1.37. The van der Waals surface area contributed by atoms with Crippen molar-refractivity contribution < 1.29 is 13.2 Å². The van der Waals surface area contributed by atoms with Gasteiger partial charge in [-0.2, -0.15) is 4.31 Å². The Morgan fingerprint density at radius 3 is 2.70 bits per heavy atom. The quantitative estimate of drug-likeness (QED) is 0.892. The second-order valence-corrected chi connectivity index (χ2v) is 6.77. The fraction of sp³-hybridized carbons (Fsp3) is 0.500. The molecule has 1 aromatic carbocycles. The molecule has 6 heteroatoms. The number of carbonyl (C=O) groups is 1. The van der Waals surface area contributed by atoms with E-state index in [1.165, 1.54) is 4.31 Å². The minimum atomic E-state index is -3.59. The van der Waals surface area contributed by atoms with Crippen molar-refractivity contribution in [3.63, 3.8) is 0 Å². The van der Waals surface area contributed by atoms with Crippen LogP contribution in [-0.2, 0) is 14.8 Å². The van der Waals surface area contributed by atoms with Crippen molar-refractivity contribution in [2.75, 3.05) is 13.1 Å². The minimum absolute atomic E-state index is 0.191. The highest BCUT2D eigenvalue weighted by molar-refractivity contribution is 7.89. The average Bonchev–Trinajstić information content (AvgIpc) is 2.96. The molecule has 0 saturated carbocycles. The molecule has 0 spiro atoms. The number of rotatable bonds is 5. The summed E-state index contributed by atoms with van der Waals surface area (Å²) in [4.78, 5) is 12.3. The Morgan fingerprint density at radius 1 is 1.35 bits per heavy atom. The van der Waals surface area contributed by atoms with Crippen LogP contribution in [-0.4, -0.2) is 37.8 Å². The van der Waals surface area contributed by atoms with Crippen LogP contribution in [0.15, 0.2) is 35.2 Å². The molecule has 1 saturated heterocycles. The highest BCUT2D eigenvalue weighted by atomic mass is 32.2. The molecular weight excluding hydrogens is 276 g/mol. The highest BCUT2D eigenvalue weighted by Crippen LogP contribution is 2.25. The number of hydrogen-bond donors (Lipinski definition) is 1. The number of carbonyl (C=O) groups excluding carboxylic acids is 1. The molecule has 0 unspecified atom stereocenters. The van der Waals surface area contributed by atoms with E-state index < -0.39 is 16.1 Å². The van der Waals surface area contributed by atoms with Gasteiger partial charge in [0, 0.05) is 13.1 Å². The van der Waals surface area contributed by atoms with E-state index >= 15 is 0 Å². The Balaban J connectivity index is 2.20. The molecule has 2 rings (SSSR count). The first-order chi connectivity index (χ1) is 9.57. The molecule has 0 radical (unpaired) electrons. The van der Waals surface area contributed by atoms with E-state index in [1.54, 1.807) is 30.3 Å². The van der Waals surface area contributed by atoms with Gasteiger partial charge < -0.3 is 5.32 Å². The zero-order valence-corrected chi connectivity index (χ0v) is 12.4. The van der Waals surface area contributed by atoms with Crippen molar-refractivity contribution in [3.8, 4) is 0 Å². The summed E-state index contributed by atoms with van der Waals surface area (Å²) in [7, 11) is -3.59. The molecule has 1 atom stereocenters. The average molecular weight is 296 g/mol. The van der Waals surface area contributed by atoms with Gasteiger partial charge in [0.2, 0.25) is 15.9 Å². The van der Waals surface area contributed by atoms with Crippen LogP contribution < -0.4 is 5.32 Å². The number of amides is 1. The van der Waals surface area contributed by atoms with Crippen molar-refractivity contribution in [1.29, 1.82) is 0 Å². The zero-order valence-electron chi connectivity index (χ0n) is 11.6. The van der Waals surface area contributed by atoms with Gasteiger partial charge in [-0.25, -0.2) is 8.42 Å². The lowest BCUT2D eigenvalue weighted by Crippen LogP contribution is -2.46. The van der Waals surface area contributed by atoms with E-state index in [2.05, 4.69) is 5.32 Å². The van der Waals surface area contributed by atoms with Crippen LogP contribution in [0.2, 0.25) is 0 Å². The van der Waals surface area contributed by atoms with Crippen LogP contribution in [0, 0.1) is 0 Å². The van der Waals surface area contributed by atoms with Crippen molar-refractivity contribution >= 4 is 15.9 Å². The topological polar surface area (TPSA) is 66.5 Å². The van der Waals surface area contributed by atoms with E-state index in [4.69, 9.17) is 0 Å². The summed E-state index contributed by atoms with van der Waals surface area (Å²) < 4.78 is 26.5. The second-order valence-electron chi connectivity index (χ2n) is 4.88. The van der Waals surface area contributed by atoms with Crippen molar-refractivity contribution in [2.24, 2.45) is 0 Å². The van der Waals surface area contributed by atoms with Crippen molar-refractivity contribution in [1.82, 2.24) is 9.62 Å². The first-order valence-corrected chi connectivity index (χ1v) is 8.36. The summed E-state index contributed by atoms with van der Waals surface area (Å²) in [6.45, 7) is 2.95. The number of nitrogens with one attached hydrogen (secondary N) is 1. The van der Waals surface area contributed by atoms with Gasteiger partial charge in [-0.1, -0.05) is 25.1 Å². The first-order valence-electron chi connectivity index (χ1n) is 6.92. The third kappa shape index (κ3) is 3.02. The predicted molar refractivity (Wildman–Crippen MR) is 76.7 cm³/mol. The standard InChI is InChI=1S/C14H20N2O3S/c1-2-10-15-14(17)13-9-6-11-16(13)20(18,19)12-7-4-3-5-8-12/h3-5,7-8,13H,2,6,9-11H2,1H3,(H,15,17)/t13-/m0/s1. The maximum Gasteiger partial charge on any atom is 0.243 e. The van der Waals surface area contributed by atoms with Gasteiger partial charge in [0.25, 0.3) is 0 Å². The molecule has 0 bridgehead atoms. The molecule has 1 aromatic rings. The Morgan fingerprint density at radius 2 is 2.05 bits per heavy atom. The fourth-order valence-electron chi connectivity index (χ4n) is 2.38. The Kier molecular flexibility index (Phi) is 4.77. The minimum Gasteiger partial charge on any atom is -0.355 e. The third-order valence-electron chi connectivity index (χ3n) is 3.41. The molecule has 1 aliphatic heterocycles. The van der Waals surface area contributed by atoms with E-state index in [1.807, 2.05) is 6.92 Å². The van der Waals surface area contributed by atoms with Gasteiger partial charge in [-0.15, -0.1) is 0 Å². The van der Waals surface area contributed by atoms with Gasteiger partial charge in [0.1, 0.15) is 6.04 Å². The van der Waals surface area contributed by atoms with Crippen LogP contribution in [0.25, 0.3) is 0 Å². The number of sulfonamides is 1. The largest absolute Gasteiger partial charge is 0.355 e. The van der Waals surface area contributed by atoms with Gasteiger partial charge in [-0.05, 0) is 31.4 Å². The fourth-order valence-corrected chi connectivity index (χ4v) is 4.06. The van der Waals surface area contributed by atoms with E-state index in [0.717, 1.165) is 12.8 Å². The maximum absolute atomic E-state index is 12.6. The molecular formula is C14H20N2O3S. The Labute approximate surface area is 120 Å². The Hall–Kier alpha value is -1.40. The van der Waals surface area contributed by atoms with Gasteiger partial charge in [-0.3, -0.25) is 4.79 Å². The molecule has 5 nitrogen and oxygen atoms in total. The molecule has 20 heavy (non-hydrogen) atoms. The molecule has 1 heterocycles. The van der Waals surface area contributed by atoms with Crippen molar-refractivity contribution in [3.05, 3.63) is 30.3 Å². The normalized spacial score (nSPS) is 19.9. The summed E-state index contributed by atoms with van der Waals surface area (Å²) in [5, 5.41) is 2.78. The lowest BCUT2D eigenvalue weighted by atomic mass is 10.2. The van der Waals surface area contributed by atoms with Crippen LogP contribution in [0.4, 0.5) is 0 Å². The molecule has 1 N–H and O–H groups in total. The SMILES string of the molecule is CCCNC(=O)[C@@H]1CCCN1S(=O)(=O)c1ccccc1. The monoisotopic (exact) mass is 296 g/mol. The first kappa shape index (κ1) is 15.0. The summed E-state index contributed by atoms with van der Waals surface area (Å²) in [5.41, 5.74) is 0. The van der Waals surface area contributed by atoms with Crippen LogP contribution in [0.3, 0.4) is 0 Å². The van der Waals surface area contributed by atoms with Gasteiger partial charge in [0.15, 0.2) is 0 Å². The van der Waals surface area contributed by atoms with E-state index in [-0.39, 0.29) is 10.8 Å². The summed E-state index contributed by atoms with van der Waals surface area (Å²) in [6, 6.07) is 7.70. The smallest absolute Gasteiger partial charge is 0.243 e. The molecule has 110 valence electrons. The lowest BCUT2D eigenvalue weighted by Gasteiger charge is -2.23. The number of hydrogen-bond acceptors (Lipinski definition) is 3. The van der Waals surface area contributed by atoms with E-state index in [9.17, 15) is 13.2 Å². The van der Waals surface area contributed by atoms with Crippen molar-refractivity contribution in [2.45, 2.75) is 37.1 Å². The third-order valence-corrected chi connectivity index (χ3v) is 5.33. The highest BCUT2D eigenvalue weighted by Gasteiger charge is 2.39. The number of benzene rings is 1. The molecule has 1 fully saturated rings. The molecule has 0 aromatic heterocycles. The number of nitrogens with zero attached hydrogens (tertiary/aromatic N) is 1. The summed E-state index contributed by atoms with van der Waals surface area (Å²) in [6.07, 6.45) is 2.14. The van der Waals surface area contributed by atoms with Gasteiger partial charge >= 0.3 is 0 Å². The molecule has 1 aliphatic rings. The lowest BCUT2D eigenvalue weighted by molar-refractivity contribution is -0.124.